The van der Waals surface area contributed by atoms with Crippen molar-refractivity contribution in [2.24, 2.45) is 0 Å². The van der Waals surface area contributed by atoms with E-state index in [1.54, 1.807) is 0 Å². The predicted octanol–water partition coefficient (Wildman–Crippen LogP) is -2.05. The van der Waals surface area contributed by atoms with Gasteiger partial charge in [-0.1, -0.05) is 0 Å². The van der Waals surface area contributed by atoms with Gasteiger partial charge in [0.15, 0.2) is 0 Å². The third kappa shape index (κ3) is 18300. The van der Waals surface area contributed by atoms with Crippen LogP contribution in [0.2, 0.25) is 0 Å². The van der Waals surface area contributed by atoms with Crippen LogP contribution in [0.15, 0.2) is 0 Å². The molecule has 9 heteroatoms. The fourth-order valence-corrected chi connectivity index (χ4v) is 0. The van der Waals surface area contributed by atoms with Gasteiger partial charge in [-0.25, -0.2) is 31.6 Å². The molecule has 0 saturated carbocycles. The Hall–Kier alpha value is -0.320. The summed E-state index contributed by atoms with van der Waals surface area (Å²) >= 11 is 0. The van der Waals surface area contributed by atoms with Crippen molar-refractivity contribution in [1.29, 1.82) is 31.6 Å². The zero-order chi connectivity index (χ0) is 12.0. The summed E-state index contributed by atoms with van der Waals surface area (Å²) in [4.78, 5) is 0. The Morgan fingerprint density at radius 2 is 0.467 bits per heavy atom. The molecule has 0 rings (SSSR count). The van der Waals surface area contributed by atoms with Gasteiger partial charge in [-0.2, -0.15) is 0 Å². The van der Waals surface area contributed by atoms with E-state index in [1.165, 1.54) is 0 Å². The summed E-state index contributed by atoms with van der Waals surface area (Å²) in [6, 6.07) is 0. The van der Waals surface area contributed by atoms with E-state index < -0.39 is 0 Å². The largest absolute Gasteiger partial charge is 1.00 e. The second kappa shape index (κ2) is 21500. The van der Waals surface area contributed by atoms with Crippen LogP contribution in [0.4, 0.5) is 0 Å². The van der Waals surface area contributed by atoms with Crippen molar-refractivity contribution in [3.63, 3.8) is 0 Å². The minimum Gasteiger partial charge on any atom is -1.00 e. The van der Waals surface area contributed by atoms with Crippen molar-refractivity contribution < 1.29 is 88.4 Å². The Balaban J connectivity index is -0.00000000321. The monoisotopic (exact) mass is 309 g/mol. The van der Waals surface area contributed by atoms with E-state index in [-0.39, 0.29) is 88.4 Å². The Morgan fingerprint density at radius 3 is 0.467 bits per heavy atom. The summed E-state index contributed by atoms with van der Waals surface area (Å²) in [5.41, 5.74) is 0. The van der Waals surface area contributed by atoms with Gasteiger partial charge in [0.25, 0.3) is 0 Å². The smallest absolute Gasteiger partial charge is 1.00 e. The molecule has 0 aromatic rings. The Bertz CT molecular complexity index is 108. The number of nitriles is 6. The summed E-state index contributed by atoms with van der Waals surface area (Å²) in [6.45, 7) is 21.0. The van der Waals surface area contributed by atoms with Crippen molar-refractivity contribution >= 4 is 0 Å². The van der Waals surface area contributed by atoms with Crippen molar-refractivity contribution in [3.8, 4) is 39.4 Å². The average molecular weight is 309 g/mol. The van der Waals surface area contributed by atoms with Gasteiger partial charge in [0.2, 0.25) is 0 Å². The van der Waals surface area contributed by atoms with E-state index in [9.17, 15) is 0 Å². The maximum atomic E-state index is 6.50. The standard InChI is InChI=1S/6CHN.Fe.K.V.H/c6*1-2;;;;/h6*1H;;;;/q;;;;;;;+1;;-1. The van der Waals surface area contributed by atoms with E-state index in [2.05, 4.69) is 39.4 Å². The summed E-state index contributed by atoms with van der Waals surface area (Å²) in [6.07, 6.45) is 0. The molecule has 0 aliphatic heterocycles. The average Bonchev–Trinajstić information content (AvgIpc) is 2.33. The van der Waals surface area contributed by atoms with Gasteiger partial charge in [-0.15, -0.1) is 0 Å². The van der Waals surface area contributed by atoms with Crippen LogP contribution in [0.25, 0.3) is 0 Å². The first kappa shape index (κ1) is 85.2. The molecule has 0 bridgehead atoms. The molecule has 75 valence electrons. The Kier molecular flexibility index (Phi) is 122000. The van der Waals surface area contributed by atoms with Gasteiger partial charge in [0.1, 0.15) is 0 Å². The maximum Gasteiger partial charge on any atom is 1.00 e. The van der Waals surface area contributed by atoms with Crippen molar-refractivity contribution in [2.75, 3.05) is 0 Å². The molecule has 0 aromatic carbocycles. The SMILES string of the molecule is C#N.C#N.C#N.C#N.C#N.C#N.[Fe].[H-].[K+].[V]. The number of hydrogen-bond acceptors (Lipinski definition) is 6. The molecule has 1 radical (unpaired) electrons. The summed E-state index contributed by atoms with van der Waals surface area (Å²) < 4.78 is 0. The van der Waals surface area contributed by atoms with Gasteiger partial charge >= 0.3 is 51.4 Å². The molecule has 0 spiro atoms. The van der Waals surface area contributed by atoms with Crippen molar-refractivity contribution in [2.45, 2.75) is 0 Å². The van der Waals surface area contributed by atoms with Gasteiger partial charge in [-0.3, -0.25) is 0 Å². The number of nitrogens with zero attached hydrogens (tertiary/aromatic N) is 6. The molecule has 0 aromatic heterocycles. The van der Waals surface area contributed by atoms with Crippen LogP contribution in [0.3, 0.4) is 0 Å². The summed E-state index contributed by atoms with van der Waals surface area (Å²) in [5.74, 6) is 0. The minimum absolute atomic E-state index is 0. The first-order chi connectivity index (χ1) is 6.00. The van der Waals surface area contributed by atoms with Gasteiger partial charge < -0.3 is 1.43 Å². The van der Waals surface area contributed by atoms with E-state index in [0.717, 1.165) is 0 Å². The molecule has 15 heavy (non-hydrogen) atoms. The van der Waals surface area contributed by atoms with E-state index in [4.69, 9.17) is 31.6 Å². The zero-order valence-electron chi connectivity index (χ0n) is 8.95. The third-order valence-electron chi connectivity index (χ3n) is 0. The fourth-order valence-electron chi connectivity index (χ4n) is 0. The minimum atomic E-state index is 0. The number of rotatable bonds is 0. The normalized spacial score (nSPS) is 0.800. The van der Waals surface area contributed by atoms with Crippen LogP contribution in [0, 0.1) is 71.0 Å². The molecule has 0 N–H and O–H groups in total. The van der Waals surface area contributed by atoms with Gasteiger partial charge in [0, 0.05) is 75.1 Å². The topological polar surface area (TPSA) is 143 Å². The van der Waals surface area contributed by atoms with Crippen LogP contribution in [-0.4, -0.2) is 0 Å². The van der Waals surface area contributed by atoms with Crippen LogP contribution in [-0.2, 0) is 35.6 Å². The van der Waals surface area contributed by atoms with Crippen LogP contribution >= 0.6 is 0 Å². The van der Waals surface area contributed by atoms with Crippen molar-refractivity contribution in [3.05, 3.63) is 0 Å². The molecule has 0 aliphatic carbocycles. The van der Waals surface area contributed by atoms with Gasteiger partial charge in [-0.05, 0) is 0 Å². The second-order valence-corrected chi connectivity index (χ2v) is 0. The molecular weight excluding hydrogens is 302 g/mol. The molecule has 0 saturated heterocycles. The maximum absolute atomic E-state index is 6.50. The van der Waals surface area contributed by atoms with Crippen LogP contribution < -0.4 is 51.4 Å². The fraction of sp³-hybridized carbons (Fsp3) is 0. The first-order valence-electron chi connectivity index (χ1n) is 1.55. The number of hydrogen-bond donors (Lipinski definition) is 0. The molecular formula is C6H7FeKN6V. The molecule has 0 amide bonds. The van der Waals surface area contributed by atoms with Crippen LogP contribution in [0.5, 0.6) is 0 Å². The van der Waals surface area contributed by atoms with E-state index in [1.807, 2.05) is 0 Å². The summed E-state index contributed by atoms with van der Waals surface area (Å²) in [7, 11) is 0. The van der Waals surface area contributed by atoms with E-state index >= 15 is 0 Å². The molecule has 0 unspecified atom stereocenters. The first-order valence-corrected chi connectivity index (χ1v) is 1.55. The second-order valence-electron chi connectivity index (χ2n) is 0. The van der Waals surface area contributed by atoms with Crippen molar-refractivity contribution in [1.82, 2.24) is 0 Å². The molecule has 0 fully saturated rings. The third-order valence-corrected chi connectivity index (χ3v) is 0. The molecule has 0 heterocycles. The molecule has 0 aliphatic rings. The predicted molar refractivity (Wildman–Crippen MR) is 41.1 cm³/mol. The van der Waals surface area contributed by atoms with Crippen LogP contribution in [0.1, 0.15) is 1.43 Å². The summed E-state index contributed by atoms with van der Waals surface area (Å²) in [5, 5.41) is 39.0. The van der Waals surface area contributed by atoms with E-state index in [0.29, 0.717) is 0 Å². The van der Waals surface area contributed by atoms with Gasteiger partial charge in [0.05, 0.1) is 0 Å². The molecule has 6 nitrogen and oxygen atoms in total. The molecule has 0 atom stereocenters. The Labute approximate surface area is 157 Å². The zero-order valence-corrected chi connectivity index (χ0v) is 13.6. The quantitative estimate of drug-likeness (QED) is 0.471. The Morgan fingerprint density at radius 1 is 0.467 bits per heavy atom.